The van der Waals surface area contributed by atoms with E-state index in [4.69, 9.17) is 4.74 Å². The fourth-order valence-corrected chi connectivity index (χ4v) is 2.41. The first-order valence-corrected chi connectivity index (χ1v) is 7.80. The van der Waals surface area contributed by atoms with Gasteiger partial charge >= 0.3 is 0 Å². The van der Waals surface area contributed by atoms with Crippen LogP contribution < -0.4 is 10.1 Å². The van der Waals surface area contributed by atoms with Crippen LogP contribution in [0, 0.1) is 0 Å². The minimum absolute atomic E-state index is 0.0104. The van der Waals surface area contributed by atoms with Crippen molar-refractivity contribution in [3.63, 3.8) is 0 Å². The molecular weight excluding hydrogens is 290 g/mol. The molecule has 0 saturated heterocycles. The number of aliphatic hydroxyl groups excluding tert-OH is 1. The van der Waals surface area contributed by atoms with Crippen LogP contribution in [0.15, 0.2) is 48.5 Å². The highest BCUT2D eigenvalue weighted by molar-refractivity contribution is 5.75. The van der Waals surface area contributed by atoms with E-state index >= 15 is 0 Å². The van der Waals surface area contributed by atoms with Crippen molar-refractivity contribution in [1.82, 2.24) is 5.32 Å². The number of carbonyl (C=O) groups excluding carboxylic acids is 1. The predicted octanol–water partition coefficient (Wildman–Crippen LogP) is 2.83. The number of methoxy groups -OCH3 is 1. The highest BCUT2D eigenvalue weighted by atomic mass is 16.5. The second-order valence-electron chi connectivity index (χ2n) is 5.41. The van der Waals surface area contributed by atoms with Crippen molar-refractivity contribution in [3.05, 3.63) is 65.2 Å². The van der Waals surface area contributed by atoms with Gasteiger partial charge in [-0.15, -0.1) is 0 Å². The molecule has 2 N–H and O–H groups in total. The molecule has 0 aliphatic heterocycles. The number of hydrogen-bond acceptors (Lipinski definition) is 3. The Morgan fingerprint density at radius 1 is 1.09 bits per heavy atom. The lowest BCUT2D eigenvalue weighted by Crippen LogP contribution is -2.23. The minimum atomic E-state index is -0.0104. The van der Waals surface area contributed by atoms with Crippen LogP contribution in [0.5, 0.6) is 5.75 Å². The smallest absolute Gasteiger partial charge is 0.220 e. The second kappa shape index (κ2) is 8.96. The molecule has 2 aromatic rings. The fraction of sp³-hybridized carbons (Fsp3) is 0.316. The maximum absolute atomic E-state index is 11.9. The van der Waals surface area contributed by atoms with Crippen LogP contribution in [-0.4, -0.2) is 18.1 Å². The highest BCUT2D eigenvalue weighted by Gasteiger charge is 2.05. The number of carbonyl (C=O) groups is 1. The Bertz CT molecular complexity index is 623. The van der Waals surface area contributed by atoms with Crippen LogP contribution in [0.4, 0.5) is 0 Å². The highest BCUT2D eigenvalue weighted by Crippen LogP contribution is 2.13. The normalized spacial score (nSPS) is 10.3. The molecule has 23 heavy (non-hydrogen) atoms. The van der Waals surface area contributed by atoms with Gasteiger partial charge < -0.3 is 15.2 Å². The molecule has 4 nitrogen and oxygen atoms in total. The van der Waals surface area contributed by atoms with Gasteiger partial charge in [0.1, 0.15) is 5.75 Å². The van der Waals surface area contributed by atoms with Crippen molar-refractivity contribution >= 4 is 5.91 Å². The number of aryl methyl sites for hydroxylation is 1. The topological polar surface area (TPSA) is 58.6 Å². The maximum atomic E-state index is 11.9. The molecule has 1 amide bonds. The number of nitrogens with one attached hydrogen (secondary N) is 1. The molecule has 0 radical (unpaired) electrons. The van der Waals surface area contributed by atoms with Crippen molar-refractivity contribution < 1.29 is 14.6 Å². The van der Waals surface area contributed by atoms with Gasteiger partial charge in [-0.05, 0) is 41.7 Å². The number of ether oxygens (including phenoxy) is 1. The van der Waals surface area contributed by atoms with Crippen LogP contribution in [0.3, 0.4) is 0 Å². The summed E-state index contributed by atoms with van der Waals surface area (Å²) in [6, 6.07) is 15.5. The third-order valence-corrected chi connectivity index (χ3v) is 3.79. The van der Waals surface area contributed by atoms with Gasteiger partial charge in [-0.3, -0.25) is 4.79 Å². The van der Waals surface area contributed by atoms with E-state index in [1.165, 1.54) is 5.56 Å². The average molecular weight is 313 g/mol. The Kier molecular flexibility index (Phi) is 6.63. The van der Waals surface area contributed by atoms with Gasteiger partial charge in [0.15, 0.2) is 0 Å². The minimum Gasteiger partial charge on any atom is -0.497 e. The lowest BCUT2D eigenvalue weighted by atomic mass is 10.1. The molecule has 0 heterocycles. The summed E-state index contributed by atoms with van der Waals surface area (Å²) in [6.07, 6.45) is 2.16. The van der Waals surface area contributed by atoms with Gasteiger partial charge in [0.25, 0.3) is 0 Å². The zero-order valence-electron chi connectivity index (χ0n) is 13.4. The molecule has 0 fully saturated rings. The predicted molar refractivity (Wildman–Crippen MR) is 90.1 cm³/mol. The summed E-state index contributed by atoms with van der Waals surface area (Å²) >= 11 is 0. The Labute approximate surface area is 137 Å². The molecule has 0 aliphatic rings. The third-order valence-electron chi connectivity index (χ3n) is 3.79. The van der Waals surface area contributed by atoms with Crippen LogP contribution in [0.2, 0.25) is 0 Å². The van der Waals surface area contributed by atoms with Crippen molar-refractivity contribution in [2.24, 2.45) is 0 Å². The van der Waals surface area contributed by atoms with Gasteiger partial charge in [-0.25, -0.2) is 0 Å². The molecule has 0 aromatic heterocycles. The van der Waals surface area contributed by atoms with Crippen LogP contribution in [0.1, 0.15) is 29.5 Å². The molecule has 2 aromatic carbocycles. The zero-order chi connectivity index (χ0) is 16.5. The molecule has 0 atom stereocenters. The first-order valence-electron chi connectivity index (χ1n) is 7.80. The SMILES string of the molecule is COc1ccc(CCCC(=O)NCc2ccccc2CO)cc1. The van der Waals surface area contributed by atoms with E-state index in [9.17, 15) is 9.90 Å². The van der Waals surface area contributed by atoms with Crippen molar-refractivity contribution in [3.8, 4) is 5.75 Å². The average Bonchev–Trinajstić information content (AvgIpc) is 2.60. The number of benzene rings is 2. The second-order valence-corrected chi connectivity index (χ2v) is 5.41. The van der Waals surface area contributed by atoms with Gasteiger partial charge in [0.05, 0.1) is 13.7 Å². The summed E-state index contributed by atoms with van der Waals surface area (Å²) in [7, 11) is 1.65. The van der Waals surface area contributed by atoms with Gasteiger partial charge in [0, 0.05) is 13.0 Å². The summed E-state index contributed by atoms with van der Waals surface area (Å²) in [5.74, 6) is 0.875. The number of amides is 1. The van der Waals surface area contributed by atoms with Crippen molar-refractivity contribution in [2.45, 2.75) is 32.4 Å². The van der Waals surface area contributed by atoms with Gasteiger partial charge in [-0.2, -0.15) is 0 Å². The summed E-state index contributed by atoms with van der Waals surface area (Å²) in [4.78, 5) is 11.9. The number of rotatable bonds is 8. The van der Waals surface area contributed by atoms with E-state index in [1.807, 2.05) is 48.5 Å². The van der Waals surface area contributed by atoms with E-state index in [0.717, 1.165) is 29.7 Å². The lowest BCUT2D eigenvalue weighted by Gasteiger charge is -2.09. The monoisotopic (exact) mass is 313 g/mol. The third kappa shape index (κ3) is 5.42. The standard InChI is InChI=1S/C19H23NO3/c1-23-18-11-9-15(10-12-18)5-4-8-19(22)20-13-16-6-2-3-7-17(16)14-21/h2-3,6-7,9-12,21H,4-5,8,13-14H2,1H3,(H,20,22). The van der Waals surface area contributed by atoms with E-state index in [1.54, 1.807) is 7.11 Å². The molecule has 0 saturated carbocycles. The first kappa shape index (κ1) is 17.0. The van der Waals surface area contributed by atoms with E-state index in [-0.39, 0.29) is 12.5 Å². The molecule has 122 valence electrons. The van der Waals surface area contributed by atoms with Crippen LogP contribution in [-0.2, 0) is 24.4 Å². The Hall–Kier alpha value is -2.33. The molecule has 4 heteroatoms. The molecule has 0 aliphatic carbocycles. The van der Waals surface area contributed by atoms with E-state index in [0.29, 0.717) is 13.0 Å². The largest absolute Gasteiger partial charge is 0.497 e. The Morgan fingerprint density at radius 2 is 1.78 bits per heavy atom. The first-order chi connectivity index (χ1) is 11.2. The molecule has 0 spiro atoms. The number of aliphatic hydroxyl groups is 1. The zero-order valence-corrected chi connectivity index (χ0v) is 13.4. The summed E-state index contributed by atoms with van der Waals surface area (Å²) in [6.45, 7) is 0.446. The Balaban J connectivity index is 1.72. The van der Waals surface area contributed by atoms with Crippen LogP contribution in [0.25, 0.3) is 0 Å². The molecule has 2 rings (SSSR count). The summed E-state index contributed by atoms with van der Waals surface area (Å²) in [5, 5.41) is 12.2. The quantitative estimate of drug-likeness (QED) is 0.788. The molecular formula is C19H23NO3. The molecule has 0 unspecified atom stereocenters. The maximum Gasteiger partial charge on any atom is 0.220 e. The van der Waals surface area contributed by atoms with Gasteiger partial charge in [0.2, 0.25) is 5.91 Å². The van der Waals surface area contributed by atoms with Crippen LogP contribution >= 0.6 is 0 Å². The lowest BCUT2D eigenvalue weighted by molar-refractivity contribution is -0.121. The summed E-state index contributed by atoms with van der Waals surface area (Å²) < 4.78 is 5.12. The summed E-state index contributed by atoms with van der Waals surface area (Å²) in [5.41, 5.74) is 3.01. The van der Waals surface area contributed by atoms with E-state index in [2.05, 4.69) is 5.32 Å². The Morgan fingerprint density at radius 3 is 2.43 bits per heavy atom. The molecule has 0 bridgehead atoms. The van der Waals surface area contributed by atoms with E-state index < -0.39 is 0 Å². The van der Waals surface area contributed by atoms with Crippen molar-refractivity contribution in [2.75, 3.05) is 7.11 Å². The number of hydrogen-bond donors (Lipinski definition) is 2. The van der Waals surface area contributed by atoms with Crippen molar-refractivity contribution in [1.29, 1.82) is 0 Å². The van der Waals surface area contributed by atoms with Gasteiger partial charge in [-0.1, -0.05) is 36.4 Å². The fourth-order valence-electron chi connectivity index (χ4n) is 2.41.